The predicted molar refractivity (Wildman–Crippen MR) is 99.2 cm³/mol. The van der Waals surface area contributed by atoms with Crippen molar-refractivity contribution < 1.29 is 9.53 Å². The van der Waals surface area contributed by atoms with Gasteiger partial charge in [0.2, 0.25) is 5.91 Å². The standard InChI is InChI=1S/C19H24N2O2S/c1-5-19(3,4)21-18(22)10-9-15-7-6-8-17(11-15)23-12-16-13-24-14(2)20-16/h6-11,13H,5,12H2,1-4H3,(H,21,22)/b10-9+. The van der Waals surface area contributed by atoms with Crippen LogP contribution in [0.15, 0.2) is 35.7 Å². The minimum atomic E-state index is -0.196. The zero-order valence-electron chi connectivity index (χ0n) is 14.6. The first-order valence-corrected chi connectivity index (χ1v) is 8.90. The summed E-state index contributed by atoms with van der Waals surface area (Å²) in [5.74, 6) is 0.670. The Kier molecular flexibility index (Phi) is 6.15. The molecule has 24 heavy (non-hydrogen) atoms. The summed E-state index contributed by atoms with van der Waals surface area (Å²) in [5, 5.41) is 6.01. The first kappa shape index (κ1) is 18.2. The van der Waals surface area contributed by atoms with Crippen LogP contribution in [0.1, 0.15) is 43.5 Å². The number of aromatic nitrogens is 1. The van der Waals surface area contributed by atoms with Gasteiger partial charge in [-0.05, 0) is 51.0 Å². The van der Waals surface area contributed by atoms with Crippen LogP contribution in [-0.4, -0.2) is 16.4 Å². The molecule has 0 saturated carbocycles. The van der Waals surface area contributed by atoms with E-state index in [1.165, 1.54) is 0 Å². The van der Waals surface area contributed by atoms with Gasteiger partial charge < -0.3 is 10.1 Å². The SMILES string of the molecule is CCC(C)(C)NC(=O)/C=C/c1cccc(OCc2csc(C)n2)c1. The molecule has 5 heteroatoms. The second-order valence-corrected chi connectivity index (χ2v) is 7.34. The molecule has 1 aromatic carbocycles. The topological polar surface area (TPSA) is 51.2 Å². The average Bonchev–Trinajstić information content (AvgIpc) is 2.96. The number of amides is 1. The molecule has 0 aliphatic rings. The van der Waals surface area contributed by atoms with Gasteiger partial charge in [-0.25, -0.2) is 4.98 Å². The van der Waals surface area contributed by atoms with E-state index in [2.05, 4.69) is 17.2 Å². The second-order valence-electron chi connectivity index (χ2n) is 6.28. The van der Waals surface area contributed by atoms with Crippen LogP contribution >= 0.6 is 11.3 Å². The Bertz CT molecular complexity index is 720. The molecule has 0 aliphatic heterocycles. The number of carbonyl (C=O) groups excluding carboxylic acids is 1. The molecule has 0 unspecified atom stereocenters. The maximum atomic E-state index is 12.0. The van der Waals surface area contributed by atoms with Crippen molar-refractivity contribution in [2.75, 3.05) is 0 Å². The highest BCUT2D eigenvalue weighted by atomic mass is 32.1. The summed E-state index contributed by atoms with van der Waals surface area (Å²) in [5.41, 5.74) is 1.66. The van der Waals surface area contributed by atoms with E-state index in [0.29, 0.717) is 6.61 Å². The van der Waals surface area contributed by atoms with Gasteiger partial charge >= 0.3 is 0 Å². The molecule has 0 saturated heterocycles. The molecule has 4 nitrogen and oxygen atoms in total. The molecule has 128 valence electrons. The van der Waals surface area contributed by atoms with Crippen LogP contribution in [0.25, 0.3) is 6.08 Å². The maximum Gasteiger partial charge on any atom is 0.244 e. The molecule has 1 heterocycles. The molecular weight excluding hydrogens is 320 g/mol. The largest absolute Gasteiger partial charge is 0.487 e. The van der Waals surface area contributed by atoms with E-state index >= 15 is 0 Å². The van der Waals surface area contributed by atoms with Gasteiger partial charge in [0.05, 0.1) is 10.7 Å². The van der Waals surface area contributed by atoms with E-state index in [1.807, 2.05) is 50.4 Å². The normalized spacial score (nSPS) is 11.7. The molecular formula is C19H24N2O2S. The van der Waals surface area contributed by atoms with Gasteiger partial charge in [-0.3, -0.25) is 4.79 Å². The van der Waals surface area contributed by atoms with Gasteiger partial charge in [0.1, 0.15) is 12.4 Å². The summed E-state index contributed by atoms with van der Waals surface area (Å²) in [4.78, 5) is 16.3. The number of thiazole rings is 1. The molecule has 2 aromatic rings. The van der Waals surface area contributed by atoms with Crippen molar-refractivity contribution >= 4 is 23.3 Å². The molecule has 0 aliphatic carbocycles. The molecule has 0 fully saturated rings. The number of carbonyl (C=O) groups is 1. The van der Waals surface area contributed by atoms with Crippen molar-refractivity contribution in [1.29, 1.82) is 0 Å². The van der Waals surface area contributed by atoms with Gasteiger partial charge in [-0.1, -0.05) is 19.1 Å². The van der Waals surface area contributed by atoms with Crippen LogP contribution in [-0.2, 0) is 11.4 Å². The van der Waals surface area contributed by atoms with Crippen LogP contribution in [0.4, 0.5) is 0 Å². The molecule has 1 aromatic heterocycles. The molecule has 0 spiro atoms. The first-order chi connectivity index (χ1) is 11.4. The number of rotatable bonds is 7. The molecule has 0 radical (unpaired) electrons. The number of nitrogens with one attached hydrogen (secondary N) is 1. The summed E-state index contributed by atoms with van der Waals surface area (Å²) in [6.45, 7) is 8.49. The summed E-state index contributed by atoms with van der Waals surface area (Å²) < 4.78 is 5.76. The first-order valence-electron chi connectivity index (χ1n) is 8.02. The van der Waals surface area contributed by atoms with E-state index in [1.54, 1.807) is 23.5 Å². The number of hydrogen-bond acceptors (Lipinski definition) is 4. The highest BCUT2D eigenvalue weighted by Crippen LogP contribution is 2.17. The second kappa shape index (κ2) is 8.11. The van der Waals surface area contributed by atoms with Gasteiger partial charge in [0.15, 0.2) is 0 Å². The fourth-order valence-electron chi connectivity index (χ4n) is 1.98. The Balaban J connectivity index is 1.94. The zero-order chi connectivity index (χ0) is 17.6. The van der Waals surface area contributed by atoms with Gasteiger partial charge in [0, 0.05) is 17.0 Å². The van der Waals surface area contributed by atoms with Crippen molar-refractivity contribution in [1.82, 2.24) is 10.3 Å². The average molecular weight is 344 g/mol. The monoisotopic (exact) mass is 344 g/mol. The lowest BCUT2D eigenvalue weighted by molar-refractivity contribution is -0.117. The van der Waals surface area contributed by atoms with Crippen LogP contribution in [0, 0.1) is 6.92 Å². The number of nitrogens with zero attached hydrogens (tertiary/aromatic N) is 1. The van der Waals surface area contributed by atoms with Crippen molar-refractivity contribution in [3.05, 3.63) is 52.0 Å². The highest BCUT2D eigenvalue weighted by Gasteiger charge is 2.15. The van der Waals surface area contributed by atoms with Crippen molar-refractivity contribution in [3.8, 4) is 5.75 Å². The van der Waals surface area contributed by atoms with Gasteiger partial charge in [0.25, 0.3) is 0 Å². The van der Waals surface area contributed by atoms with E-state index in [9.17, 15) is 4.79 Å². The molecule has 2 rings (SSSR count). The molecule has 0 bridgehead atoms. The Hall–Kier alpha value is -2.14. The van der Waals surface area contributed by atoms with E-state index in [-0.39, 0.29) is 11.4 Å². The lowest BCUT2D eigenvalue weighted by Crippen LogP contribution is -2.41. The minimum absolute atomic E-state index is 0.0916. The number of benzene rings is 1. The summed E-state index contributed by atoms with van der Waals surface area (Å²) >= 11 is 1.61. The molecule has 0 atom stereocenters. The van der Waals surface area contributed by atoms with E-state index in [0.717, 1.165) is 28.4 Å². The third kappa shape index (κ3) is 5.81. The maximum absolute atomic E-state index is 12.0. The van der Waals surface area contributed by atoms with Crippen LogP contribution in [0.2, 0.25) is 0 Å². The fraction of sp³-hybridized carbons (Fsp3) is 0.368. The lowest BCUT2D eigenvalue weighted by Gasteiger charge is -2.23. The number of hydrogen-bond donors (Lipinski definition) is 1. The van der Waals surface area contributed by atoms with Crippen molar-refractivity contribution in [2.45, 2.75) is 46.3 Å². The van der Waals surface area contributed by atoms with Gasteiger partial charge in [-0.15, -0.1) is 11.3 Å². The Morgan fingerprint density at radius 2 is 2.21 bits per heavy atom. The smallest absolute Gasteiger partial charge is 0.244 e. The molecule has 1 N–H and O–H groups in total. The quantitative estimate of drug-likeness (QED) is 0.760. The van der Waals surface area contributed by atoms with Crippen molar-refractivity contribution in [3.63, 3.8) is 0 Å². The Labute approximate surface area is 147 Å². The van der Waals surface area contributed by atoms with Gasteiger partial charge in [-0.2, -0.15) is 0 Å². The van der Waals surface area contributed by atoms with Crippen LogP contribution in [0.5, 0.6) is 5.75 Å². The van der Waals surface area contributed by atoms with Crippen molar-refractivity contribution in [2.24, 2.45) is 0 Å². The third-order valence-electron chi connectivity index (χ3n) is 3.68. The summed E-state index contributed by atoms with van der Waals surface area (Å²) in [6, 6.07) is 7.66. The Morgan fingerprint density at radius 1 is 1.42 bits per heavy atom. The number of aryl methyl sites for hydroxylation is 1. The number of ether oxygens (including phenoxy) is 1. The molecule has 1 amide bonds. The summed E-state index contributed by atoms with van der Waals surface area (Å²) in [7, 11) is 0. The van der Waals surface area contributed by atoms with Crippen LogP contribution in [0.3, 0.4) is 0 Å². The van der Waals surface area contributed by atoms with Crippen LogP contribution < -0.4 is 10.1 Å². The van der Waals surface area contributed by atoms with E-state index < -0.39 is 0 Å². The fourth-order valence-corrected chi connectivity index (χ4v) is 2.57. The van der Waals surface area contributed by atoms with E-state index in [4.69, 9.17) is 4.74 Å². The Morgan fingerprint density at radius 3 is 2.88 bits per heavy atom. The highest BCUT2D eigenvalue weighted by molar-refractivity contribution is 7.09. The lowest BCUT2D eigenvalue weighted by atomic mass is 10.0. The predicted octanol–water partition coefficient (Wildman–Crippen LogP) is 4.35. The minimum Gasteiger partial charge on any atom is -0.487 e. The zero-order valence-corrected chi connectivity index (χ0v) is 15.4. The summed E-state index contributed by atoms with van der Waals surface area (Å²) in [6.07, 6.45) is 4.23. The third-order valence-corrected chi connectivity index (χ3v) is 4.51.